The molecule has 1 unspecified atom stereocenters. The van der Waals surface area contributed by atoms with Crippen molar-refractivity contribution in [1.82, 2.24) is 9.80 Å². The normalized spacial score (nSPS) is 24.2. The molecular formula is C21H26ClN3O2S. The fraction of sp³-hybridized carbons (Fsp3) is 0.429. The summed E-state index contributed by atoms with van der Waals surface area (Å²) in [7, 11) is 0. The molecule has 1 aromatic carbocycles. The highest BCUT2D eigenvalue weighted by Crippen LogP contribution is 2.29. The maximum atomic E-state index is 13.2. The molecule has 150 valence electrons. The van der Waals surface area contributed by atoms with Gasteiger partial charge in [-0.05, 0) is 29.9 Å². The van der Waals surface area contributed by atoms with Gasteiger partial charge in [-0.1, -0.05) is 36.4 Å². The molecule has 0 radical (unpaired) electrons. The standard InChI is InChI=1S/C21H25N3O2S.ClH/c22-18-14-23(13-17(18)15-6-2-1-3-7-15)21(26)19-9-4-10-24(19)20(25)12-16-8-5-11-27-16;/h1-3,5-8,11,17-19H,4,9-10,12-14,22H2;1H/t17-,18+,19?;/m0./s1. The molecule has 7 heteroatoms. The molecule has 0 bridgehead atoms. The number of thiophene rings is 1. The first kappa shape index (κ1) is 20.8. The maximum absolute atomic E-state index is 13.2. The first-order valence-electron chi connectivity index (χ1n) is 9.54. The highest BCUT2D eigenvalue weighted by atomic mass is 35.5. The Balaban J connectivity index is 0.00000225. The number of nitrogens with zero attached hydrogens (tertiary/aromatic N) is 2. The summed E-state index contributed by atoms with van der Waals surface area (Å²) in [6, 6.07) is 13.7. The predicted molar refractivity (Wildman–Crippen MR) is 114 cm³/mol. The summed E-state index contributed by atoms with van der Waals surface area (Å²) >= 11 is 1.58. The van der Waals surface area contributed by atoms with E-state index in [4.69, 9.17) is 5.73 Å². The summed E-state index contributed by atoms with van der Waals surface area (Å²) in [6.07, 6.45) is 2.01. The summed E-state index contributed by atoms with van der Waals surface area (Å²) in [5, 5.41) is 1.98. The molecule has 2 N–H and O–H groups in total. The van der Waals surface area contributed by atoms with E-state index in [9.17, 15) is 9.59 Å². The van der Waals surface area contributed by atoms with Crippen LogP contribution in [0.2, 0.25) is 0 Å². The molecule has 0 saturated carbocycles. The second-order valence-corrected chi connectivity index (χ2v) is 8.46. The Hall–Kier alpha value is -1.89. The van der Waals surface area contributed by atoms with E-state index >= 15 is 0 Å². The van der Waals surface area contributed by atoms with Crippen LogP contribution in [0.5, 0.6) is 0 Å². The fourth-order valence-corrected chi connectivity index (χ4v) is 4.95. The zero-order valence-corrected chi connectivity index (χ0v) is 17.3. The van der Waals surface area contributed by atoms with E-state index in [1.54, 1.807) is 16.2 Å². The van der Waals surface area contributed by atoms with Crippen molar-refractivity contribution in [2.75, 3.05) is 19.6 Å². The number of nitrogens with two attached hydrogens (primary N) is 1. The van der Waals surface area contributed by atoms with Gasteiger partial charge in [-0.3, -0.25) is 9.59 Å². The van der Waals surface area contributed by atoms with Gasteiger partial charge >= 0.3 is 0 Å². The first-order chi connectivity index (χ1) is 13.1. The smallest absolute Gasteiger partial charge is 0.245 e. The number of carbonyl (C=O) groups is 2. The minimum atomic E-state index is -0.334. The van der Waals surface area contributed by atoms with E-state index in [0.717, 1.165) is 17.7 Å². The minimum absolute atomic E-state index is 0. The third-order valence-corrected chi connectivity index (χ3v) is 6.54. The van der Waals surface area contributed by atoms with Gasteiger partial charge in [0.1, 0.15) is 6.04 Å². The van der Waals surface area contributed by atoms with Crippen LogP contribution in [-0.4, -0.2) is 53.3 Å². The Morgan fingerprint density at radius 2 is 1.89 bits per heavy atom. The Kier molecular flexibility index (Phi) is 6.75. The van der Waals surface area contributed by atoms with Crippen LogP contribution in [0.1, 0.15) is 29.2 Å². The van der Waals surface area contributed by atoms with Crippen LogP contribution in [0.15, 0.2) is 47.8 Å². The molecule has 2 amide bonds. The topological polar surface area (TPSA) is 66.6 Å². The monoisotopic (exact) mass is 419 g/mol. The molecule has 3 heterocycles. The van der Waals surface area contributed by atoms with Crippen molar-refractivity contribution >= 4 is 35.6 Å². The number of hydrogen-bond donors (Lipinski definition) is 1. The Bertz CT molecular complexity index is 799. The van der Waals surface area contributed by atoms with Crippen molar-refractivity contribution in [2.24, 2.45) is 5.73 Å². The van der Waals surface area contributed by atoms with Crippen LogP contribution in [0, 0.1) is 0 Å². The molecule has 3 atom stereocenters. The van der Waals surface area contributed by atoms with Crippen molar-refractivity contribution in [3.8, 4) is 0 Å². The van der Waals surface area contributed by atoms with Gasteiger partial charge < -0.3 is 15.5 Å². The predicted octanol–water partition coefficient (Wildman–Crippen LogP) is 2.66. The first-order valence-corrected chi connectivity index (χ1v) is 10.4. The van der Waals surface area contributed by atoms with Crippen LogP contribution in [0.3, 0.4) is 0 Å². The second-order valence-electron chi connectivity index (χ2n) is 7.43. The highest BCUT2D eigenvalue weighted by Gasteiger charge is 2.41. The third kappa shape index (κ3) is 4.24. The lowest BCUT2D eigenvalue weighted by Gasteiger charge is -2.28. The number of amides is 2. The number of carbonyl (C=O) groups excluding carboxylic acids is 2. The molecular weight excluding hydrogens is 394 g/mol. The SMILES string of the molecule is Cl.N[C@@H]1CN(C(=O)C2CCCN2C(=O)Cc2cccs2)C[C@H]1c1ccccc1. The molecule has 0 spiro atoms. The van der Waals surface area contributed by atoms with Crippen molar-refractivity contribution in [3.05, 3.63) is 58.3 Å². The Labute approximate surface area is 175 Å². The van der Waals surface area contributed by atoms with E-state index < -0.39 is 0 Å². The summed E-state index contributed by atoms with van der Waals surface area (Å²) < 4.78 is 0. The fourth-order valence-electron chi connectivity index (χ4n) is 4.26. The van der Waals surface area contributed by atoms with Gasteiger partial charge in [-0.15, -0.1) is 23.7 Å². The summed E-state index contributed by atoms with van der Waals surface area (Å²) in [5.41, 5.74) is 7.53. The second kappa shape index (κ2) is 9.07. The highest BCUT2D eigenvalue weighted by molar-refractivity contribution is 7.10. The molecule has 2 saturated heterocycles. The van der Waals surface area contributed by atoms with Gasteiger partial charge in [0, 0.05) is 36.5 Å². The molecule has 5 nitrogen and oxygen atoms in total. The van der Waals surface area contributed by atoms with Gasteiger partial charge in [-0.2, -0.15) is 0 Å². The van der Waals surface area contributed by atoms with E-state index in [1.807, 2.05) is 40.6 Å². The van der Waals surface area contributed by atoms with Crippen LogP contribution in [0.25, 0.3) is 0 Å². The van der Waals surface area contributed by atoms with E-state index in [-0.39, 0.29) is 42.2 Å². The molecule has 2 aliphatic heterocycles. The molecule has 2 fully saturated rings. The molecule has 0 aliphatic carbocycles. The average Bonchev–Trinajstić information content (AvgIpc) is 3.42. The number of hydrogen-bond acceptors (Lipinski definition) is 4. The number of likely N-dealkylation sites (tertiary alicyclic amines) is 2. The lowest BCUT2D eigenvalue weighted by molar-refractivity contribution is -0.142. The quantitative estimate of drug-likeness (QED) is 0.828. The maximum Gasteiger partial charge on any atom is 0.245 e. The lowest BCUT2D eigenvalue weighted by Crippen LogP contribution is -2.48. The number of rotatable bonds is 4. The molecule has 2 aliphatic rings. The van der Waals surface area contributed by atoms with Gasteiger partial charge in [-0.25, -0.2) is 0 Å². The van der Waals surface area contributed by atoms with Gasteiger partial charge in [0.15, 0.2) is 0 Å². The van der Waals surface area contributed by atoms with E-state index in [0.29, 0.717) is 26.1 Å². The summed E-state index contributed by atoms with van der Waals surface area (Å²) in [5.74, 6) is 0.268. The van der Waals surface area contributed by atoms with Crippen molar-refractivity contribution in [1.29, 1.82) is 0 Å². The van der Waals surface area contributed by atoms with E-state index in [2.05, 4.69) is 12.1 Å². The van der Waals surface area contributed by atoms with Crippen LogP contribution in [0.4, 0.5) is 0 Å². The lowest BCUT2D eigenvalue weighted by atomic mass is 9.95. The van der Waals surface area contributed by atoms with Crippen molar-refractivity contribution < 1.29 is 9.59 Å². The zero-order chi connectivity index (χ0) is 18.8. The molecule has 2 aromatic rings. The van der Waals surface area contributed by atoms with Crippen molar-refractivity contribution in [3.63, 3.8) is 0 Å². The van der Waals surface area contributed by atoms with Gasteiger partial charge in [0.2, 0.25) is 11.8 Å². The van der Waals surface area contributed by atoms with Gasteiger partial charge in [0.25, 0.3) is 0 Å². The Morgan fingerprint density at radius 1 is 1.11 bits per heavy atom. The van der Waals surface area contributed by atoms with E-state index in [1.165, 1.54) is 5.56 Å². The number of halogens is 1. The van der Waals surface area contributed by atoms with Crippen molar-refractivity contribution in [2.45, 2.75) is 37.3 Å². The molecule has 28 heavy (non-hydrogen) atoms. The van der Waals surface area contributed by atoms with Gasteiger partial charge in [0.05, 0.1) is 6.42 Å². The third-order valence-electron chi connectivity index (χ3n) is 5.67. The molecule has 4 rings (SSSR count). The van der Waals surface area contributed by atoms with Crippen LogP contribution >= 0.6 is 23.7 Å². The Morgan fingerprint density at radius 3 is 2.61 bits per heavy atom. The molecule has 1 aromatic heterocycles. The largest absolute Gasteiger partial charge is 0.339 e. The van der Waals surface area contributed by atoms with Crippen LogP contribution < -0.4 is 5.73 Å². The zero-order valence-electron chi connectivity index (χ0n) is 15.7. The minimum Gasteiger partial charge on any atom is -0.339 e. The average molecular weight is 420 g/mol. The van der Waals surface area contributed by atoms with Crippen LogP contribution in [-0.2, 0) is 16.0 Å². The summed E-state index contributed by atoms with van der Waals surface area (Å²) in [6.45, 7) is 1.86. The number of benzene rings is 1. The summed E-state index contributed by atoms with van der Waals surface area (Å²) in [4.78, 5) is 30.6.